The van der Waals surface area contributed by atoms with Crippen molar-refractivity contribution in [1.82, 2.24) is 5.43 Å². The highest BCUT2D eigenvalue weighted by molar-refractivity contribution is 5.00. The fraction of sp³-hybridized carbons (Fsp3) is 0.500. The second kappa shape index (κ2) is 4.47. The predicted octanol–water partition coefficient (Wildman–Crippen LogP) is 1.61. The zero-order valence-corrected chi connectivity index (χ0v) is 7.34. The van der Waals surface area contributed by atoms with Crippen LogP contribution in [0.2, 0.25) is 0 Å². The minimum absolute atomic E-state index is 0.128. The second-order valence-electron chi connectivity index (χ2n) is 2.97. The van der Waals surface area contributed by atoms with E-state index in [1.54, 1.807) is 12.1 Å². The van der Waals surface area contributed by atoms with Crippen molar-refractivity contribution in [3.05, 3.63) is 24.2 Å². The van der Waals surface area contributed by atoms with Crippen molar-refractivity contribution in [3.8, 4) is 0 Å². The van der Waals surface area contributed by atoms with Gasteiger partial charge in [0.1, 0.15) is 5.76 Å². The first-order chi connectivity index (χ1) is 6.51. The summed E-state index contributed by atoms with van der Waals surface area (Å²) in [4.78, 5) is 0. The maximum atomic E-state index is 12.0. The summed E-state index contributed by atoms with van der Waals surface area (Å²) < 4.78 is 40.9. The van der Waals surface area contributed by atoms with Gasteiger partial charge in [0.2, 0.25) is 0 Å². The molecule has 6 heteroatoms. The van der Waals surface area contributed by atoms with E-state index in [1.165, 1.54) is 6.26 Å². The summed E-state index contributed by atoms with van der Waals surface area (Å²) in [5.74, 6) is 5.49. The third-order valence-corrected chi connectivity index (χ3v) is 1.74. The van der Waals surface area contributed by atoms with Gasteiger partial charge in [0.25, 0.3) is 0 Å². The SMILES string of the molecule is NNC(Cc1ccco1)CC(F)(F)F. The van der Waals surface area contributed by atoms with Gasteiger partial charge in [-0.25, -0.2) is 0 Å². The monoisotopic (exact) mass is 208 g/mol. The second-order valence-corrected chi connectivity index (χ2v) is 2.97. The van der Waals surface area contributed by atoms with Crippen LogP contribution in [0.5, 0.6) is 0 Å². The molecule has 0 fully saturated rings. The van der Waals surface area contributed by atoms with Crippen molar-refractivity contribution >= 4 is 0 Å². The van der Waals surface area contributed by atoms with Gasteiger partial charge in [-0.15, -0.1) is 0 Å². The van der Waals surface area contributed by atoms with E-state index in [0.717, 1.165) is 0 Å². The van der Waals surface area contributed by atoms with Crippen molar-refractivity contribution in [2.45, 2.75) is 25.1 Å². The zero-order chi connectivity index (χ0) is 10.6. The van der Waals surface area contributed by atoms with Crippen LogP contribution in [0.15, 0.2) is 22.8 Å². The molecule has 1 heterocycles. The molecule has 0 saturated carbocycles. The molecule has 1 aromatic heterocycles. The van der Waals surface area contributed by atoms with Crippen LogP contribution in [0.25, 0.3) is 0 Å². The fourth-order valence-electron chi connectivity index (χ4n) is 1.14. The van der Waals surface area contributed by atoms with Crippen LogP contribution in [-0.4, -0.2) is 12.2 Å². The average Bonchev–Trinajstić information content (AvgIpc) is 2.53. The van der Waals surface area contributed by atoms with Gasteiger partial charge in [-0.2, -0.15) is 13.2 Å². The molecule has 1 unspecified atom stereocenters. The maximum absolute atomic E-state index is 12.0. The van der Waals surface area contributed by atoms with Gasteiger partial charge < -0.3 is 4.42 Å². The van der Waals surface area contributed by atoms with Crippen LogP contribution in [0.1, 0.15) is 12.2 Å². The summed E-state index contributed by atoms with van der Waals surface area (Å²) >= 11 is 0. The molecule has 0 aliphatic rings. The lowest BCUT2D eigenvalue weighted by atomic mass is 10.1. The summed E-state index contributed by atoms with van der Waals surface area (Å²) in [5, 5.41) is 0. The van der Waals surface area contributed by atoms with Gasteiger partial charge in [0.15, 0.2) is 0 Å². The van der Waals surface area contributed by atoms with E-state index in [1.807, 2.05) is 0 Å². The molecular weight excluding hydrogens is 197 g/mol. The van der Waals surface area contributed by atoms with Crippen LogP contribution < -0.4 is 11.3 Å². The molecule has 1 rings (SSSR count). The Labute approximate surface area is 79.0 Å². The molecule has 0 bridgehead atoms. The first-order valence-corrected chi connectivity index (χ1v) is 4.06. The molecule has 0 aliphatic carbocycles. The molecule has 0 aliphatic heterocycles. The molecule has 80 valence electrons. The summed E-state index contributed by atoms with van der Waals surface area (Å²) in [6.45, 7) is 0. The van der Waals surface area contributed by atoms with Crippen molar-refractivity contribution < 1.29 is 17.6 Å². The number of hydrogen-bond acceptors (Lipinski definition) is 3. The molecule has 1 aromatic rings. The maximum Gasteiger partial charge on any atom is 0.390 e. The summed E-state index contributed by atoms with van der Waals surface area (Å²) in [6.07, 6.45) is -3.65. The van der Waals surface area contributed by atoms with E-state index in [4.69, 9.17) is 10.3 Å². The number of nitrogens with one attached hydrogen (secondary N) is 1. The normalized spacial score (nSPS) is 14.3. The number of halogens is 3. The van der Waals surface area contributed by atoms with Crippen LogP contribution in [0.3, 0.4) is 0 Å². The Morgan fingerprint density at radius 1 is 1.50 bits per heavy atom. The molecule has 3 nitrogen and oxygen atoms in total. The standard InChI is InChI=1S/C8H11F3N2O/c9-8(10,11)5-6(13-12)4-7-2-1-3-14-7/h1-3,6,13H,4-5,12H2. The molecule has 0 aromatic carbocycles. The van der Waals surface area contributed by atoms with E-state index in [0.29, 0.717) is 5.76 Å². The largest absolute Gasteiger partial charge is 0.469 e. The van der Waals surface area contributed by atoms with Gasteiger partial charge in [0, 0.05) is 12.5 Å². The Balaban J connectivity index is 2.47. The third-order valence-electron chi connectivity index (χ3n) is 1.74. The number of hydrogen-bond donors (Lipinski definition) is 2. The summed E-state index contributed by atoms with van der Waals surface area (Å²) in [6, 6.07) is 2.39. The van der Waals surface area contributed by atoms with Crippen LogP contribution >= 0.6 is 0 Å². The predicted molar refractivity (Wildman–Crippen MR) is 44.2 cm³/mol. The summed E-state index contributed by atoms with van der Waals surface area (Å²) in [7, 11) is 0. The number of nitrogens with two attached hydrogens (primary N) is 1. The van der Waals surface area contributed by atoms with E-state index >= 15 is 0 Å². The Morgan fingerprint density at radius 2 is 2.21 bits per heavy atom. The van der Waals surface area contributed by atoms with Crippen molar-refractivity contribution in [1.29, 1.82) is 0 Å². The van der Waals surface area contributed by atoms with Gasteiger partial charge in [-0.05, 0) is 12.1 Å². The fourth-order valence-corrected chi connectivity index (χ4v) is 1.14. The number of furan rings is 1. The lowest BCUT2D eigenvalue weighted by Gasteiger charge is -2.16. The third kappa shape index (κ3) is 3.80. The Bertz CT molecular complexity index is 258. The molecule has 3 N–H and O–H groups in total. The lowest BCUT2D eigenvalue weighted by molar-refractivity contribution is -0.140. The Kier molecular flexibility index (Phi) is 3.54. The van der Waals surface area contributed by atoms with Gasteiger partial charge in [-0.1, -0.05) is 0 Å². The molecule has 0 saturated heterocycles. The molecule has 0 spiro atoms. The van der Waals surface area contributed by atoms with E-state index in [9.17, 15) is 13.2 Å². The van der Waals surface area contributed by atoms with E-state index < -0.39 is 18.6 Å². The topological polar surface area (TPSA) is 51.2 Å². The molecular formula is C8H11F3N2O. The van der Waals surface area contributed by atoms with E-state index in [2.05, 4.69) is 5.43 Å². The minimum atomic E-state index is -4.22. The number of rotatable bonds is 4. The molecule has 14 heavy (non-hydrogen) atoms. The quantitative estimate of drug-likeness (QED) is 0.583. The number of hydrazine groups is 1. The van der Waals surface area contributed by atoms with Crippen molar-refractivity contribution in [2.24, 2.45) is 5.84 Å². The smallest absolute Gasteiger partial charge is 0.390 e. The van der Waals surface area contributed by atoms with Crippen molar-refractivity contribution in [3.63, 3.8) is 0 Å². The number of alkyl halides is 3. The van der Waals surface area contributed by atoms with Crippen LogP contribution in [0, 0.1) is 0 Å². The lowest BCUT2D eigenvalue weighted by Crippen LogP contribution is -2.40. The average molecular weight is 208 g/mol. The van der Waals surface area contributed by atoms with Crippen LogP contribution in [-0.2, 0) is 6.42 Å². The van der Waals surface area contributed by atoms with Crippen molar-refractivity contribution in [2.75, 3.05) is 0 Å². The van der Waals surface area contributed by atoms with Crippen LogP contribution in [0.4, 0.5) is 13.2 Å². The summed E-state index contributed by atoms with van der Waals surface area (Å²) in [5.41, 5.74) is 2.12. The first-order valence-electron chi connectivity index (χ1n) is 4.06. The molecule has 0 amide bonds. The first kappa shape index (κ1) is 11.1. The van der Waals surface area contributed by atoms with Gasteiger partial charge in [0.05, 0.1) is 12.7 Å². The highest BCUT2D eigenvalue weighted by Gasteiger charge is 2.31. The van der Waals surface area contributed by atoms with Gasteiger partial charge in [-0.3, -0.25) is 11.3 Å². The highest BCUT2D eigenvalue weighted by atomic mass is 19.4. The molecule has 0 radical (unpaired) electrons. The zero-order valence-electron chi connectivity index (χ0n) is 7.34. The Hall–Kier alpha value is -1.01. The van der Waals surface area contributed by atoms with E-state index in [-0.39, 0.29) is 6.42 Å². The Morgan fingerprint density at radius 3 is 2.64 bits per heavy atom. The van der Waals surface area contributed by atoms with Gasteiger partial charge >= 0.3 is 6.18 Å². The molecule has 1 atom stereocenters. The minimum Gasteiger partial charge on any atom is -0.469 e. The highest BCUT2D eigenvalue weighted by Crippen LogP contribution is 2.22.